The van der Waals surface area contributed by atoms with E-state index in [9.17, 15) is 9.59 Å². The molecule has 2 amide bonds. The third kappa shape index (κ3) is 5.58. The molecule has 0 heterocycles. The average Bonchev–Trinajstić information content (AvgIpc) is 2.59. The molecule has 2 rings (SSSR count). The van der Waals surface area contributed by atoms with Gasteiger partial charge < -0.3 is 15.4 Å². The summed E-state index contributed by atoms with van der Waals surface area (Å²) in [6, 6.07) is 12.2. The smallest absolute Gasteiger partial charge is 0.255 e. The molecule has 0 bridgehead atoms. The van der Waals surface area contributed by atoms with E-state index in [2.05, 4.69) is 10.6 Å². The van der Waals surface area contributed by atoms with E-state index in [-0.39, 0.29) is 17.7 Å². The van der Waals surface area contributed by atoms with Gasteiger partial charge in [-0.1, -0.05) is 32.0 Å². The van der Waals surface area contributed by atoms with Gasteiger partial charge in [-0.15, -0.1) is 0 Å². The predicted octanol–water partition coefficient (Wildman–Crippen LogP) is 4.10. The van der Waals surface area contributed by atoms with E-state index in [0.29, 0.717) is 17.9 Å². The van der Waals surface area contributed by atoms with Crippen LogP contribution in [0.1, 0.15) is 42.3 Å². The molecule has 5 nitrogen and oxygen atoms in total. The first-order valence-corrected chi connectivity index (χ1v) is 9.23. The number of anilines is 1. The van der Waals surface area contributed by atoms with Gasteiger partial charge in [0.1, 0.15) is 11.8 Å². The molecular weight excluding hydrogens is 340 g/mol. The Bertz CT molecular complexity index is 795. The Morgan fingerprint density at radius 3 is 2.26 bits per heavy atom. The fourth-order valence-electron chi connectivity index (χ4n) is 2.96. The molecule has 27 heavy (non-hydrogen) atoms. The van der Waals surface area contributed by atoms with Crippen LogP contribution in [0.4, 0.5) is 5.69 Å². The molecule has 144 valence electrons. The van der Waals surface area contributed by atoms with Gasteiger partial charge in [0.2, 0.25) is 5.91 Å². The van der Waals surface area contributed by atoms with Crippen molar-refractivity contribution in [1.82, 2.24) is 5.32 Å². The Morgan fingerprint density at radius 1 is 1.04 bits per heavy atom. The summed E-state index contributed by atoms with van der Waals surface area (Å²) in [7, 11) is 0. The molecule has 0 radical (unpaired) electrons. The number of ether oxygens (including phenoxy) is 1. The van der Waals surface area contributed by atoms with E-state index in [1.54, 1.807) is 18.2 Å². The molecule has 0 aromatic heterocycles. The number of hydrogen-bond acceptors (Lipinski definition) is 3. The Morgan fingerprint density at radius 2 is 1.67 bits per heavy atom. The number of rotatable bonds is 7. The molecule has 0 unspecified atom stereocenters. The largest absolute Gasteiger partial charge is 0.493 e. The number of para-hydroxylation sites is 1. The van der Waals surface area contributed by atoms with Crippen molar-refractivity contribution < 1.29 is 14.3 Å². The molecular formula is C22H28N2O3. The number of amides is 2. The lowest BCUT2D eigenvalue weighted by Crippen LogP contribution is -2.47. The number of carbonyl (C=O) groups is 2. The Hall–Kier alpha value is -2.82. The highest BCUT2D eigenvalue weighted by Crippen LogP contribution is 2.19. The number of nitrogens with one attached hydrogen (secondary N) is 2. The standard InChI is InChI=1S/C22H28N2O3/c1-6-27-19-10-8-7-9-18(19)21(25)24-20(14(2)3)22(26)23-17-12-15(4)11-16(5)13-17/h7-14,20H,6H2,1-5H3,(H,23,26)(H,24,25)/t20-/m0/s1. The Labute approximate surface area is 161 Å². The molecule has 5 heteroatoms. The summed E-state index contributed by atoms with van der Waals surface area (Å²) in [6.07, 6.45) is 0. The highest BCUT2D eigenvalue weighted by molar-refractivity contribution is 6.02. The average molecular weight is 368 g/mol. The Kier molecular flexibility index (Phi) is 6.99. The lowest BCUT2D eigenvalue weighted by molar-refractivity contribution is -0.118. The normalized spacial score (nSPS) is 11.8. The molecule has 2 aromatic carbocycles. The van der Waals surface area contributed by atoms with Crippen molar-refractivity contribution in [2.24, 2.45) is 5.92 Å². The maximum Gasteiger partial charge on any atom is 0.255 e. The highest BCUT2D eigenvalue weighted by atomic mass is 16.5. The molecule has 0 saturated heterocycles. The Balaban J connectivity index is 2.17. The highest BCUT2D eigenvalue weighted by Gasteiger charge is 2.26. The van der Waals surface area contributed by atoms with Crippen LogP contribution in [0.15, 0.2) is 42.5 Å². The van der Waals surface area contributed by atoms with Gasteiger partial charge in [0.05, 0.1) is 12.2 Å². The summed E-state index contributed by atoms with van der Waals surface area (Å²) >= 11 is 0. The summed E-state index contributed by atoms with van der Waals surface area (Å²) in [5.74, 6) is -0.126. The van der Waals surface area contributed by atoms with Crippen LogP contribution in [0.2, 0.25) is 0 Å². The van der Waals surface area contributed by atoms with Crippen molar-refractivity contribution >= 4 is 17.5 Å². The molecule has 0 saturated carbocycles. The second kappa shape index (κ2) is 9.21. The maximum absolute atomic E-state index is 12.8. The monoisotopic (exact) mass is 368 g/mol. The van der Waals surface area contributed by atoms with E-state index < -0.39 is 6.04 Å². The van der Waals surface area contributed by atoms with Crippen molar-refractivity contribution in [2.75, 3.05) is 11.9 Å². The van der Waals surface area contributed by atoms with E-state index in [1.807, 2.05) is 58.9 Å². The van der Waals surface area contributed by atoms with Crippen LogP contribution in [-0.4, -0.2) is 24.5 Å². The zero-order valence-electron chi connectivity index (χ0n) is 16.6. The summed E-state index contributed by atoms with van der Waals surface area (Å²) in [5.41, 5.74) is 3.29. The minimum Gasteiger partial charge on any atom is -0.493 e. The number of carbonyl (C=O) groups excluding carboxylic acids is 2. The third-order valence-electron chi connectivity index (χ3n) is 4.16. The first-order chi connectivity index (χ1) is 12.8. The van der Waals surface area contributed by atoms with Crippen molar-refractivity contribution in [3.63, 3.8) is 0 Å². The quantitative estimate of drug-likeness (QED) is 0.773. The molecule has 2 N–H and O–H groups in total. The minimum absolute atomic E-state index is 0.0703. The van der Waals surface area contributed by atoms with Crippen LogP contribution in [0.5, 0.6) is 5.75 Å². The zero-order valence-corrected chi connectivity index (χ0v) is 16.6. The zero-order chi connectivity index (χ0) is 20.0. The van der Waals surface area contributed by atoms with Crippen LogP contribution in [0, 0.1) is 19.8 Å². The molecule has 0 spiro atoms. The van der Waals surface area contributed by atoms with Gasteiger partial charge in [-0.25, -0.2) is 0 Å². The molecule has 2 aromatic rings. The van der Waals surface area contributed by atoms with Crippen LogP contribution in [0.3, 0.4) is 0 Å². The van der Waals surface area contributed by atoms with Gasteiger partial charge >= 0.3 is 0 Å². The van der Waals surface area contributed by atoms with E-state index in [0.717, 1.165) is 16.8 Å². The summed E-state index contributed by atoms with van der Waals surface area (Å²) < 4.78 is 5.52. The number of benzene rings is 2. The molecule has 0 aliphatic carbocycles. The van der Waals surface area contributed by atoms with E-state index in [4.69, 9.17) is 4.74 Å². The van der Waals surface area contributed by atoms with Gasteiger partial charge in [0.15, 0.2) is 0 Å². The first-order valence-electron chi connectivity index (χ1n) is 9.23. The third-order valence-corrected chi connectivity index (χ3v) is 4.16. The lowest BCUT2D eigenvalue weighted by Gasteiger charge is -2.22. The van der Waals surface area contributed by atoms with Crippen molar-refractivity contribution in [2.45, 2.75) is 40.7 Å². The second-order valence-corrected chi connectivity index (χ2v) is 6.99. The fourth-order valence-corrected chi connectivity index (χ4v) is 2.96. The van der Waals surface area contributed by atoms with Gasteiger partial charge in [-0.2, -0.15) is 0 Å². The first kappa shape index (κ1) is 20.5. The van der Waals surface area contributed by atoms with Crippen LogP contribution in [-0.2, 0) is 4.79 Å². The summed E-state index contributed by atoms with van der Waals surface area (Å²) in [4.78, 5) is 25.5. The van der Waals surface area contributed by atoms with Crippen LogP contribution < -0.4 is 15.4 Å². The van der Waals surface area contributed by atoms with Gasteiger partial charge in [-0.3, -0.25) is 9.59 Å². The van der Waals surface area contributed by atoms with Gasteiger partial charge in [0, 0.05) is 5.69 Å². The van der Waals surface area contributed by atoms with E-state index in [1.165, 1.54) is 0 Å². The predicted molar refractivity (Wildman–Crippen MR) is 108 cm³/mol. The fraction of sp³-hybridized carbons (Fsp3) is 0.364. The van der Waals surface area contributed by atoms with Gasteiger partial charge in [-0.05, 0) is 62.1 Å². The lowest BCUT2D eigenvalue weighted by atomic mass is 10.0. The summed E-state index contributed by atoms with van der Waals surface area (Å²) in [6.45, 7) is 10.1. The maximum atomic E-state index is 12.8. The topological polar surface area (TPSA) is 67.4 Å². The number of aryl methyl sites for hydroxylation is 2. The SMILES string of the molecule is CCOc1ccccc1C(=O)N[C@H](C(=O)Nc1cc(C)cc(C)c1)C(C)C. The van der Waals surface area contributed by atoms with Gasteiger partial charge in [0.25, 0.3) is 5.91 Å². The second-order valence-electron chi connectivity index (χ2n) is 6.99. The van der Waals surface area contributed by atoms with Crippen molar-refractivity contribution in [1.29, 1.82) is 0 Å². The van der Waals surface area contributed by atoms with Crippen LogP contribution >= 0.6 is 0 Å². The molecule has 0 fully saturated rings. The van der Waals surface area contributed by atoms with Crippen LogP contribution in [0.25, 0.3) is 0 Å². The summed E-state index contributed by atoms with van der Waals surface area (Å²) in [5, 5.41) is 5.77. The van der Waals surface area contributed by atoms with Crippen molar-refractivity contribution in [3.05, 3.63) is 59.2 Å². The number of hydrogen-bond donors (Lipinski definition) is 2. The molecule has 0 aliphatic heterocycles. The van der Waals surface area contributed by atoms with Crippen molar-refractivity contribution in [3.8, 4) is 5.75 Å². The molecule has 1 atom stereocenters. The molecule has 0 aliphatic rings. The van der Waals surface area contributed by atoms with E-state index >= 15 is 0 Å². The minimum atomic E-state index is -0.659.